The molecule has 2 aromatic carbocycles. The monoisotopic (exact) mass is 309 g/mol. The number of imide groups is 1. The summed E-state index contributed by atoms with van der Waals surface area (Å²) in [7, 11) is 0. The topological polar surface area (TPSA) is 80.8 Å². The molecule has 1 unspecified atom stereocenters. The zero-order valence-electron chi connectivity index (χ0n) is 11.9. The lowest BCUT2D eigenvalue weighted by molar-refractivity contribution is -0.167. The van der Waals surface area contributed by atoms with Crippen molar-refractivity contribution in [1.29, 1.82) is 0 Å². The van der Waals surface area contributed by atoms with Crippen LogP contribution in [-0.2, 0) is 14.3 Å². The van der Waals surface area contributed by atoms with Gasteiger partial charge in [-0.2, -0.15) is 0 Å². The Hall–Kier alpha value is -3.02. The van der Waals surface area contributed by atoms with Crippen LogP contribution in [0.3, 0.4) is 0 Å². The van der Waals surface area contributed by atoms with Gasteiger partial charge in [0.15, 0.2) is 0 Å². The van der Waals surface area contributed by atoms with Crippen molar-refractivity contribution in [3.05, 3.63) is 47.5 Å². The summed E-state index contributed by atoms with van der Waals surface area (Å²) in [4.78, 5) is 49.6. The van der Waals surface area contributed by atoms with E-state index in [0.717, 1.165) is 10.3 Å². The molecule has 23 heavy (non-hydrogen) atoms. The first-order valence-corrected chi connectivity index (χ1v) is 7.22. The number of nitrogens with zero attached hydrogens (tertiary/aromatic N) is 1. The lowest BCUT2D eigenvalue weighted by atomic mass is 9.92. The number of rotatable bonds is 1. The van der Waals surface area contributed by atoms with E-state index >= 15 is 0 Å². The molecule has 0 N–H and O–H groups in total. The summed E-state index contributed by atoms with van der Waals surface area (Å²) in [6.45, 7) is 0. The fourth-order valence-electron chi connectivity index (χ4n) is 3.17. The third-order valence-corrected chi connectivity index (χ3v) is 4.22. The van der Waals surface area contributed by atoms with E-state index in [4.69, 9.17) is 0 Å². The first kappa shape index (κ1) is 13.6. The van der Waals surface area contributed by atoms with Crippen molar-refractivity contribution >= 4 is 34.5 Å². The van der Waals surface area contributed by atoms with Crippen molar-refractivity contribution in [2.75, 3.05) is 0 Å². The molecule has 0 saturated carbocycles. The molecule has 2 aliphatic rings. The standard InChI is InChI=1S/C17H11NO5/c19-13-8-7-12(17(22)23-13)18-15(20)10-5-1-3-9-4-2-6-11(14(9)10)16(18)21/h1-6,12H,7-8H2. The molecule has 2 amide bonds. The Morgan fingerprint density at radius 3 is 2.09 bits per heavy atom. The molecule has 1 atom stereocenters. The molecule has 0 spiro atoms. The second kappa shape index (κ2) is 4.74. The predicted molar refractivity (Wildman–Crippen MR) is 78.6 cm³/mol. The number of hydrogen-bond donors (Lipinski definition) is 0. The van der Waals surface area contributed by atoms with Crippen LogP contribution in [0, 0.1) is 0 Å². The average Bonchev–Trinajstić information content (AvgIpc) is 2.54. The fourth-order valence-corrected chi connectivity index (χ4v) is 3.17. The molecule has 0 radical (unpaired) electrons. The summed E-state index contributed by atoms with van der Waals surface area (Å²) in [5.41, 5.74) is 0.754. The lowest BCUT2D eigenvalue weighted by Gasteiger charge is -2.33. The van der Waals surface area contributed by atoms with E-state index in [9.17, 15) is 19.2 Å². The SMILES string of the molecule is O=C1CCC(N2C(=O)c3cccc4cccc(c34)C2=O)C(=O)O1. The van der Waals surface area contributed by atoms with Gasteiger partial charge in [0.25, 0.3) is 11.8 Å². The van der Waals surface area contributed by atoms with Gasteiger partial charge in [-0.25, -0.2) is 4.79 Å². The summed E-state index contributed by atoms with van der Waals surface area (Å²) in [6.07, 6.45) is 0.0899. The molecule has 6 heteroatoms. The van der Waals surface area contributed by atoms with Crippen molar-refractivity contribution in [2.45, 2.75) is 18.9 Å². The average molecular weight is 309 g/mol. The largest absolute Gasteiger partial charge is 0.392 e. The van der Waals surface area contributed by atoms with Crippen LogP contribution in [-0.4, -0.2) is 34.7 Å². The Bertz CT molecular complexity index is 850. The first-order chi connectivity index (χ1) is 11.1. The Morgan fingerprint density at radius 1 is 0.913 bits per heavy atom. The molecule has 6 nitrogen and oxygen atoms in total. The number of cyclic esters (lactones) is 2. The van der Waals surface area contributed by atoms with Crippen LogP contribution in [0.1, 0.15) is 33.6 Å². The first-order valence-electron chi connectivity index (χ1n) is 7.22. The number of hydrogen-bond acceptors (Lipinski definition) is 5. The Kier molecular flexibility index (Phi) is 2.81. The third-order valence-electron chi connectivity index (χ3n) is 4.22. The fraction of sp³-hybridized carbons (Fsp3) is 0.176. The van der Waals surface area contributed by atoms with E-state index in [0.29, 0.717) is 16.5 Å². The molecule has 1 fully saturated rings. The van der Waals surface area contributed by atoms with Crippen molar-refractivity contribution < 1.29 is 23.9 Å². The minimum absolute atomic E-state index is 0.000681. The Morgan fingerprint density at radius 2 is 1.52 bits per heavy atom. The van der Waals surface area contributed by atoms with E-state index in [-0.39, 0.29) is 12.8 Å². The molecule has 2 heterocycles. The highest BCUT2D eigenvalue weighted by Crippen LogP contribution is 2.32. The molecule has 2 aliphatic heterocycles. The van der Waals surface area contributed by atoms with Crippen LogP contribution in [0.4, 0.5) is 0 Å². The molecule has 0 aromatic heterocycles. The zero-order chi connectivity index (χ0) is 16.1. The van der Waals surface area contributed by atoms with E-state index in [1.807, 2.05) is 12.1 Å². The third kappa shape index (κ3) is 1.88. The van der Waals surface area contributed by atoms with E-state index in [2.05, 4.69) is 4.74 Å². The summed E-state index contributed by atoms with van der Waals surface area (Å²) in [6, 6.07) is 9.32. The summed E-state index contributed by atoms with van der Waals surface area (Å²) >= 11 is 0. The van der Waals surface area contributed by atoms with Gasteiger partial charge in [0, 0.05) is 22.9 Å². The molecule has 1 saturated heterocycles. The van der Waals surface area contributed by atoms with Crippen LogP contribution in [0.5, 0.6) is 0 Å². The maximum atomic E-state index is 12.8. The molecule has 0 bridgehead atoms. The minimum Gasteiger partial charge on any atom is -0.392 e. The zero-order valence-corrected chi connectivity index (χ0v) is 11.9. The molecule has 0 aliphatic carbocycles. The number of ether oxygens (including phenoxy) is 1. The highest BCUT2D eigenvalue weighted by atomic mass is 16.6. The van der Waals surface area contributed by atoms with Gasteiger partial charge < -0.3 is 4.74 Å². The molecular formula is C17H11NO5. The smallest absolute Gasteiger partial charge is 0.337 e. The number of esters is 2. The van der Waals surface area contributed by atoms with Gasteiger partial charge in [-0.3, -0.25) is 19.3 Å². The lowest BCUT2D eigenvalue weighted by Crippen LogP contribution is -2.53. The maximum absolute atomic E-state index is 12.8. The van der Waals surface area contributed by atoms with Gasteiger partial charge in [-0.15, -0.1) is 0 Å². The molecule has 4 rings (SSSR count). The summed E-state index contributed by atoms with van der Waals surface area (Å²) in [5, 5.41) is 1.39. The van der Waals surface area contributed by atoms with E-state index in [1.165, 1.54) is 0 Å². The second-order valence-electron chi connectivity index (χ2n) is 5.54. The van der Waals surface area contributed by atoms with Gasteiger partial charge in [0.1, 0.15) is 6.04 Å². The van der Waals surface area contributed by atoms with Gasteiger partial charge in [-0.1, -0.05) is 24.3 Å². The second-order valence-corrected chi connectivity index (χ2v) is 5.54. The van der Waals surface area contributed by atoms with Gasteiger partial charge >= 0.3 is 11.9 Å². The van der Waals surface area contributed by atoms with Crippen LogP contribution < -0.4 is 0 Å². The van der Waals surface area contributed by atoms with Crippen molar-refractivity contribution in [3.8, 4) is 0 Å². The number of amides is 2. The van der Waals surface area contributed by atoms with Crippen LogP contribution in [0.25, 0.3) is 10.8 Å². The van der Waals surface area contributed by atoms with Gasteiger partial charge in [0.2, 0.25) is 0 Å². The van der Waals surface area contributed by atoms with Gasteiger partial charge in [-0.05, 0) is 23.9 Å². The Labute approximate surface area is 130 Å². The van der Waals surface area contributed by atoms with Crippen LogP contribution in [0.15, 0.2) is 36.4 Å². The quantitative estimate of drug-likeness (QED) is 0.455. The summed E-state index contributed by atoms with van der Waals surface area (Å²) in [5.74, 6) is -2.55. The van der Waals surface area contributed by atoms with Crippen LogP contribution in [0.2, 0.25) is 0 Å². The highest BCUT2D eigenvalue weighted by molar-refractivity contribution is 6.26. The van der Waals surface area contributed by atoms with Gasteiger partial charge in [0.05, 0.1) is 0 Å². The molecule has 2 aromatic rings. The highest BCUT2D eigenvalue weighted by Gasteiger charge is 2.43. The van der Waals surface area contributed by atoms with E-state index < -0.39 is 29.8 Å². The van der Waals surface area contributed by atoms with E-state index in [1.54, 1.807) is 24.3 Å². The maximum Gasteiger partial charge on any atom is 0.337 e. The van der Waals surface area contributed by atoms with Crippen molar-refractivity contribution in [1.82, 2.24) is 4.90 Å². The van der Waals surface area contributed by atoms with Crippen LogP contribution >= 0.6 is 0 Å². The number of benzene rings is 2. The van der Waals surface area contributed by atoms with Crippen molar-refractivity contribution in [2.24, 2.45) is 0 Å². The molecule has 114 valence electrons. The predicted octanol–water partition coefficient (Wildman–Crippen LogP) is 1.67. The number of carbonyl (C=O) groups excluding carboxylic acids is 4. The van der Waals surface area contributed by atoms with Crippen molar-refractivity contribution in [3.63, 3.8) is 0 Å². The normalized spacial score (nSPS) is 20.9. The molecular weight excluding hydrogens is 298 g/mol. The minimum atomic E-state index is -1.06. The Balaban J connectivity index is 1.86. The number of carbonyl (C=O) groups is 4. The summed E-state index contributed by atoms with van der Waals surface area (Å²) < 4.78 is 4.59.